The topological polar surface area (TPSA) is 93.3 Å². The molecular weight excluding hydrogens is 310 g/mol. The van der Waals surface area contributed by atoms with E-state index in [2.05, 4.69) is 10.2 Å². The average molecular weight is 333 g/mol. The molecule has 0 aliphatic carbocycles. The molecule has 2 aromatic heterocycles. The van der Waals surface area contributed by atoms with Crippen LogP contribution in [0.1, 0.15) is 51.6 Å². The van der Waals surface area contributed by atoms with Gasteiger partial charge in [0.05, 0.1) is 11.3 Å². The summed E-state index contributed by atoms with van der Waals surface area (Å²) in [6.07, 6.45) is 1.45. The van der Waals surface area contributed by atoms with Crippen molar-refractivity contribution in [2.45, 2.75) is 40.8 Å². The predicted octanol–water partition coefficient (Wildman–Crippen LogP) is 1.61. The number of aromatic nitrogens is 4. The smallest absolute Gasteiger partial charge is 0.357 e. The van der Waals surface area contributed by atoms with Gasteiger partial charge in [-0.2, -0.15) is 10.2 Å². The van der Waals surface area contributed by atoms with Crippen LogP contribution in [0, 0.1) is 13.8 Å². The Morgan fingerprint density at radius 3 is 2.42 bits per heavy atom. The van der Waals surface area contributed by atoms with Crippen LogP contribution in [0.15, 0.2) is 6.20 Å². The normalized spacial score (nSPS) is 10.9. The lowest BCUT2D eigenvalue weighted by molar-refractivity contribution is 0.0668. The molecule has 2 heterocycles. The Morgan fingerprint density at radius 1 is 1.25 bits per heavy atom. The largest absolute Gasteiger partial charge is 0.476 e. The number of rotatable bonds is 6. The molecule has 0 atom stereocenters. The zero-order chi connectivity index (χ0) is 18.0. The van der Waals surface area contributed by atoms with Crippen molar-refractivity contribution in [1.29, 1.82) is 0 Å². The minimum atomic E-state index is -1.21. The van der Waals surface area contributed by atoms with Crippen LogP contribution >= 0.6 is 0 Å². The highest BCUT2D eigenvalue weighted by molar-refractivity contribution is 6.03. The van der Waals surface area contributed by atoms with Crippen molar-refractivity contribution in [3.05, 3.63) is 34.4 Å². The van der Waals surface area contributed by atoms with Crippen LogP contribution in [0.2, 0.25) is 0 Å². The Morgan fingerprint density at radius 2 is 1.92 bits per heavy atom. The van der Waals surface area contributed by atoms with E-state index in [1.54, 1.807) is 11.9 Å². The molecule has 130 valence electrons. The van der Waals surface area contributed by atoms with Crippen molar-refractivity contribution in [1.82, 2.24) is 24.5 Å². The maximum Gasteiger partial charge on any atom is 0.357 e. The number of carboxylic acids is 1. The van der Waals surface area contributed by atoms with Crippen molar-refractivity contribution < 1.29 is 14.7 Å². The maximum atomic E-state index is 12.8. The number of hydrogen-bond acceptors (Lipinski definition) is 4. The van der Waals surface area contributed by atoms with Gasteiger partial charge in [0.15, 0.2) is 5.69 Å². The SMILES string of the molecule is CCN(Cc1c(C)nn(CC)c1C)C(=O)c1cn(C)nc1C(=O)O. The van der Waals surface area contributed by atoms with Gasteiger partial charge in [-0.3, -0.25) is 14.2 Å². The van der Waals surface area contributed by atoms with Gasteiger partial charge in [-0.15, -0.1) is 0 Å². The van der Waals surface area contributed by atoms with Crippen LogP contribution in [-0.4, -0.2) is 48.0 Å². The van der Waals surface area contributed by atoms with Crippen LogP contribution in [0.5, 0.6) is 0 Å². The van der Waals surface area contributed by atoms with Crippen molar-refractivity contribution in [3.63, 3.8) is 0 Å². The Labute approximate surface area is 140 Å². The van der Waals surface area contributed by atoms with Gasteiger partial charge < -0.3 is 10.0 Å². The summed E-state index contributed by atoms with van der Waals surface area (Å²) in [5.41, 5.74) is 2.77. The molecule has 2 aromatic rings. The third-order valence-electron chi connectivity index (χ3n) is 4.11. The Kier molecular flexibility index (Phi) is 5.06. The van der Waals surface area contributed by atoms with Gasteiger partial charge in [0.1, 0.15) is 0 Å². The molecule has 8 nitrogen and oxygen atoms in total. The van der Waals surface area contributed by atoms with Gasteiger partial charge in [0.2, 0.25) is 0 Å². The molecule has 0 saturated heterocycles. The van der Waals surface area contributed by atoms with Crippen LogP contribution in [0.4, 0.5) is 0 Å². The first-order valence-electron chi connectivity index (χ1n) is 7.89. The first kappa shape index (κ1) is 17.7. The molecule has 2 rings (SSSR count). The highest BCUT2D eigenvalue weighted by Crippen LogP contribution is 2.18. The second-order valence-electron chi connectivity index (χ2n) is 5.65. The molecule has 8 heteroatoms. The van der Waals surface area contributed by atoms with E-state index in [0.717, 1.165) is 23.5 Å². The number of carboxylic acid groups (broad SMARTS) is 1. The number of aryl methyl sites for hydroxylation is 3. The van der Waals surface area contributed by atoms with Gasteiger partial charge in [0, 0.05) is 44.1 Å². The molecule has 0 unspecified atom stereocenters. The van der Waals surface area contributed by atoms with E-state index < -0.39 is 5.97 Å². The fourth-order valence-electron chi connectivity index (χ4n) is 2.76. The van der Waals surface area contributed by atoms with E-state index in [9.17, 15) is 14.7 Å². The van der Waals surface area contributed by atoms with Crippen LogP contribution in [-0.2, 0) is 20.1 Å². The number of aromatic carboxylic acids is 1. The molecule has 0 aliphatic heterocycles. The average Bonchev–Trinajstić information content (AvgIpc) is 3.05. The molecule has 1 N–H and O–H groups in total. The molecule has 1 amide bonds. The Hall–Kier alpha value is -2.64. The summed E-state index contributed by atoms with van der Waals surface area (Å²) < 4.78 is 3.24. The molecule has 0 saturated carbocycles. The number of amides is 1. The quantitative estimate of drug-likeness (QED) is 0.867. The maximum absolute atomic E-state index is 12.8. The number of carbonyl (C=O) groups excluding carboxylic acids is 1. The molecule has 0 aliphatic rings. The summed E-state index contributed by atoms with van der Waals surface area (Å²) in [7, 11) is 1.60. The minimum absolute atomic E-state index is 0.102. The molecule has 24 heavy (non-hydrogen) atoms. The number of nitrogens with zero attached hydrogens (tertiary/aromatic N) is 5. The van der Waals surface area contributed by atoms with E-state index in [4.69, 9.17) is 0 Å². The molecule has 0 fully saturated rings. The van der Waals surface area contributed by atoms with E-state index >= 15 is 0 Å². The first-order chi connectivity index (χ1) is 11.3. The monoisotopic (exact) mass is 333 g/mol. The van der Waals surface area contributed by atoms with Crippen LogP contribution < -0.4 is 0 Å². The number of carbonyl (C=O) groups is 2. The zero-order valence-corrected chi connectivity index (χ0v) is 14.7. The van der Waals surface area contributed by atoms with Crippen molar-refractivity contribution >= 4 is 11.9 Å². The second kappa shape index (κ2) is 6.86. The lowest BCUT2D eigenvalue weighted by Crippen LogP contribution is -2.31. The van der Waals surface area contributed by atoms with Gasteiger partial charge in [0.25, 0.3) is 5.91 Å². The highest BCUT2D eigenvalue weighted by atomic mass is 16.4. The summed E-state index contributed by atoms with van der Waals surface area (Å²) >= 11 is 0. The Bertz CT molecular complexity index is 775. The van der Waals surface area contributed by atoms with E-state index in [-0.39, 0.29) is 17.2 Å². The van der Waals surface area contributed by atoms with E-state index in [1.165, 1.54) is 10.9 Å². The molecule has 0 aromatic carbocycles. The van der Waals surface area contributed by atoms with E-state index in [0.29, 0.717) is 13.1 Å². The minimum Gasteiger partial charge on any atom is -0.476 e. The first-order valence-corrected chi connectivity index (χ1v) is 7.89. The zero-order valence-electron chi connectivity index (χ0n) is 14.7. The summed E-state index contributed by atoms with van der Waals surface area (Å²) in [5.74, 6) is -1.55. The standard InChI is InChI=1S/C16H23N5O3/c1-6-20(9-12-10(3)17-21(7-2)11(12)4)15(22)13-8-19(5)18-14(13)16(23)24/h8H,6-7,9H2,1-5H3,(H,23,24). The summed E-state index contributed by atoms with van der Waals surface area (Å²) in [5, 5.41) is 17.6. The lowest BCUT2D eigenvalue weighted by atomic mass is 10.1. The molecule has 0 bridgehead atoms. The third-order valence-corrected chi connectivity index (χ3v) is 4.11. The van der Waals surface area contributed by atoms with Crippen LogP contribution in [0.3, 0.4) is 0 Å². The van der Waals surface area contributed by atoms with Gasteiger partial charge in [-0.05, 0) is 27.7 Å². The lowest BCUT2D eigenvalue weighted by Gasteiger charge is -2.21. The fraction of sp³-hybridized carbons (Fsp3) is 0.500. The predicted molar refractivity (Wildman–Crippen MR) is 88.0 cm³/mol. The van der Waals surface area contributed by atoms with Crippen molar-refractivity contribution in [3.8, 4) is 0 Å². The number of hydrogen-bond donors (Lipinski definition) is 1. The summed E-state index contributed by atoms with van der Waals surface area (Å²) in [6.45, 7) is 9.39. The van der Waals surface area contributed by atoms with E-state index in [1.807, 2.05) is 32.4 Å². The Balaban J connectivity index is 2.34. The molecular formula is C16H23N5O3. The van der Waals surface area contributed by atoms with Gasteiger partial charge >= 0.3 is 5.97 Å². The van der Waals surface area contributed by atoms with Gasteiger partial charge in [-0.1, -0.05) is 0 Å². The highest BCUT2D eigenvalue weighted by Gasteiger charge is 2.26. The van der Waals surface area contributed by atoms with Crippen molar-refractivity contribution in [2.75, 3.05) is 6.54 Å². The van der Waals surface area contributed by atoms with Crippen molar-refractivity contribution in [2.24, 2.45) is 7.05 Å². The second-order valence-corrected chi connectivity index (χ2v) is 5.65. The van der Waals surface area contributed by atoms with Gasteiger partial charge in [-0.25, -0.2) is 4.79 Å². The summed E-state index contributed by atoms with van der Waals surface area (Å²) in [4.78, 5) is 25.7. The molecule has 0 spiro atoms. The van der Waals surface area contributed by atoms with Crippen LogP contribution in [0.25, 0.3) is 0 Å². The fourth-order valence-corrected chi connectivity index (χ4v) is 2.76. The third kappa shape index (κ3) is 3.17. The molecule has 0 radical (unpaired) electrons. The summed E-state index contributed by atoms with van der Waals surface area (Å²) in [6, 6.07) is 0.